The minimum atomic E-state index is -2.92. The number of amides is 1. The molecular weight excluding hydrogens is 342 g/mol. The maximum Gasteiger partial charge on any atom is 0.224 e. The molecule has 1 unspecified atom stereocenters. The molecule has 1 aliphatic rings. The van der Waals surface area contributed by atoms with Crippen molar-refractivity contribution >= 4 is 37.4 Å². The second-order valence-electron chi connectivity index (χ2n) is 5.18. The number of carbonyl (C=O) groups is 1. The Morgan fingerprint density at radius 2 is 2.20 bits per heavy atom. The average molecular weight is 360 g/mol. The zero-order valence-electron chi connectivity index (χ0n) is 11.4. The zero-order valence-corrected chi connectivity index (χ0v) is 13.8. The van der Waals surface area contributed by atoms with E-state index in [9.17, 15) is 13.2 Å². The van der Waals surface area contributed by atoms with Gasteiger partial charge in [-0.15, -0.1) is 0 Å². The molecule has 110 valence electrons. The summed E-state index contributed by atoms with van der Waals surface area (Å²) in [7, 11) is -2.92. The molecule has 0 spiro atoms. The highest BCUT2D eigenvalue weighted by atomic mass is 79.9. The van der Waals surface area contributed by atoms with Crippen LogP contribution in [0.25, 0.3) is 0 Å². The standard InChI is InChI=1S/C14H18BrNO3S/c1-2-11-8-12(15)3-4-13(11)16-14(17)7-10-5-6-20(18,19)9-10/h3-4,8,10H,2,5-7,9H2,1H3,(H,16,17). The van der Waals surface area contributed by atoms with Crippen LogP contribution in [0.5, 0.6) is 0 Å². The van der Waals surface area contributed by atoms with E-state index in [1.54, 1.807) is 0 Å². The Kier molecular flexibility index (Phi) is 4.86. The van der Waals surface area contributed by atoms with E-state index >= 15 is 0 Å². The highest BCUT2D eigenvalue weighted by Crippen LogP contribution is 2.24. The molecule has 1 aliphatic heterocycles. The number of nitrogens with one attached hydrogen (secondary N) is 1. The number of halogens is 1. The van der Waals surface area contributed by atoms with Crippen LogP contribution >= 0.6 is 15.9 Å². The lowest BCUT2D eigenvalue weighted by Gasteiger charge is -2.12. The van der Waals surface area contributed by atoms with E-state index in [-0.39, 0.29) is 29.8 Å². The van der Waals surface area contributed by atoms with Gasteiger partial charge < -0.3 is 5.32 Å². The van der Waals surface area contributed by atoms with Crippen molar-refractivity contribution in [1.29, 1.82) is 0 Å². The van der Waals surface area contributed by atoms with E-state index in [1.165, 1.54) is 0 Å². The molecule has 1 heterocycles. The highest BCUT2D eigenvalue weighted by Gasteiger charge is 2.29. The number of carbonyl (C=O) groups excluding carboxylic acids is 1. The van der Waals surface area contributed by atoms with Crippen LogP contribution in [0.2, 0.25) is 0 Å². The smallest absolute Gasteiger partial charge is 0.224 e. The van der Waals surface area contributed by atoms with E-state index in [0.29, 0.717) is 6.42 Å². The summed E-state index contributed by atoms with van der Waals surface area (Å²) >= 11 is 3.41. The van der Waals surface area contributed by atoms with E-state index in [2.05, 4.69) is 21.2 Å². The summed E-state index contributed by atoms with van der Waals surface area (Å²) in [5, 5.41) is 2.89. The van der Waals surface area contributed by atoms with Crippen LogP contribution in [0.15, 0.2) is 22.7 Å². The van der Waals surface area contributed by atoms with Crippen molar-refractivity contribution in [2.24, 2.45) is 5.92 Å². The van der Waals surface area contributed by atoms with E-state index in [4.69, 9.17) is 0 Å². The Hall–Kier alpha value is -0.880. The van der Waals surface area contributed by atoms with Gasteiger partial charge >= 0.3 is 0 Å². The number of hydrogen-bond acceptors (Lipinski definition) is 3. The Bertz CT molecular complexity index is 613. The molecule has 1 saturated heterocycles. The zero-order chi connectivity index (χ0) is 14.8. The van der Waals surface area contributed by atoms with Crippen LogP contribution in [-0.2, 0) is 21.1 Å². The van der Waals surface area contributed by atoms with Gasteiger partial charge in [0.2, 0.25) is 5.91 Å². The molecule has 20 heavy (non-hydrogen) atoms. The molecule has 0 aromatic heterocycles. The minimum absolute atomic E-state index is 0.0412. The third kappa shape index (κ3) is 4.06. The van der Waals surface area contributed by atoms with Crippen LogP contribution in [0.4, 0.5) is 5.69 Å². The predicted octanol–water partition coefficient (Wildman–Crippen LogP) is 2.77. The quantitative estimate of drug-likeness (QED) is 0.898. The molecule has 1 aromatic rings. The minimum Gasteiger partial charge on any atom is -0.326 e. The van der Waals surface area contributed by atoms with Crippen molar-refractivity contribution in [2.45, 2.75) is 26.2 Å². The van der Waals surface area contributed by atoms with Crippen LogP contribution in [-0.4, -0.2) is 25.8 Å². The van der Waals surface area contributed by atoms with Crippen LogP contribution in [0, 0.1) is 5.92 Å². The molecule has 1 fully saturated rings. The highest BCUT2D eigenvalue weighted by molar-refractivity contribution is 9.10. The third-order valence-corrected chi connectivity index (χ3v) is 5.85. The predicted molar refractivity (Wildman–Crippen MR) is 83.5 cm³/mol. The van der Waals surface area contributed by atoms with Crippen molar-refractivity contribution in [3.63, 3.8) is 0 Å². The largest absolute Gasteiger partial charge is 0.326 e. The van der Waals surface area contributed by atoms with Gasteiger partial charge in [-0.05, 0) is 42.5 Å². The van der Waals surface area contributed by atoms with Crippen molar-refractivity contribution in [1.82, 2.24) is 0 Å². The van der Waals surface area contributed by atoms with Gasteiger partial charge in [-0.1, -0.05) is 22.9 Å². The molecule has 0 aliphatic carbocycles. The normalized spacial score (nSPS) is 20.8. The maximum atomic E-state index is 12.0. The first kappa shape index (κ1) is 15.5. The molecule has 4 nitrogen and oxygen atoms in total. The number of rotatable bonds is 4. The molecule has 6 heteroatoms. The number of hydrogen-bond donors (Lipinski definition) is 1. The molecule has 0 saturated carbocycles. The SMILES string of the molecule is CCc1cc(Br)ccc1NC(=O)CC1CCS(=O)(=O)C1. The first-order valence-corrected chi connectivity index (χ1v) is 9.30. The fourth-order valence-corrected chi connectivity index (χ4v) is 4.74. The van der Waals surface area contributed by atoms with Gasteiger partial charge in [0.05, 0.1) is 11.5 Å². The van der Waals surface area contributed by atoms with Gasteiger partial charge in [-0.3, -0.25) is 4.79 Å². The molecule has 2 rings (SSSR count). The second-order valence-corrected chi connectivity index (χ2v) is 8.32. The molecule has 1 N–H and O–H groups in total. The molecule has 1 aromatic carbocycles. The molecule has 0 bridgehead atoms. The number of sulfone groups is 1. The van der Waals surface area contributed by atoms with Gasteiger partial charge in [0.15, 0.2) is 9.84 Å². The van der Waals surface area contributed by atoms with Crippen LogP contribution < -0.4 is 5.32 Å². The van der Waals surface area contributed by atoms with Crippen LogP contribution in [0.3, 0.4) is 0 Å². The first-order valence-electron chi connectivity index (χ1n) is 6.68. The Balaban J connectivity index is 1.98. The Morgan fingerprint density at radius 1 is 1.45 bits per heavy atom. The second kappa shape index (κ2) is 6.26. The summed E-state index contributed by atoms with van der Waals surface area (Å²) in [6.07, 6.45) is 1.70. The van der Waals surface area contributed by atoms with Gasteiger partial charge in [0.25, 0.3) is 0 Å². The third-order valence-electron chi connectivity index (χ3n) is 3.52. The van der Waals surface area contributed by atoms with Crippen molar-refractivity contribution in [3.8, 4) is 0 Å². The van der Waals surface area contributed by atoms with Crippen molar-refractivity contribution < 1.29 is 13.2 Å². The summed E-state index contributed by atoms with van der Waals surface area (Å²) in [6, 6.07) is 5.73. The van der Waals surface area contributed by atoms with Crippen molar-refractivity contribution in [3.05, 3.63) is 28.2 Å². The van der Waals surface area contributed by atoms with E-state index in [1.807, 2.05) is 25.1 Å². The van der Waals surface area contributed by atoms with Gasteiger partial charge in [0.1, 0.15) is 0 Å². The summed E-state index contributed by atoms with van der Waals surface area (Å²) in [6.45, 7) is 2.03. The molecular formula is C14H18BrNO3S. The van der Waals surface area contributed by atoms with Gasteiger partial charge in [-0.25, -0.2) is 8.42 Å². The lowest BCUT2D eigenvalue weighted by Crippen LogP contribution is -2.18. The Morgan fingerprint density at radius 3 is 2.80 bits per heavy atom. The fourth-order valence-electron chi connectivity index (χ4n) is 2.47. The lowest BCUT2D eigenvalue weighted by atomic mass is 10.0. The molecule has 1 amide bonds. The number of anilines is 1. The topological polar surface area (TPSA) is 63.2 Å². The Labute approximate surface area is 128 Å². The fraction of sp³-hybridized carbons (Fsp3) is 0.500. The van der Waals surface area contributed by atoms with Gasteiger partial charge in [-0.2, -0.15) is 0 Å². The number of benzene rings is 1. The summed E-state index contributed by atoms with van der Waals surface area (Å²) < 4.78 is 23.7. The van der Waals surface area contributed by atoms with Crippen molar-refractivity contribution in [2.75, 3.05) is 16.8 Å². The van der Waals surface area contributed by atoms with E-state index < -0.39 is 9.84 Å². The number of aryl methyl sites for hydroxylation is 1. The molecule has 0 radical (unpaired) electrons. The van der Waals surface area contributed by atoms with Gasteiger partial charge in [0, 0.05) is 16.6 Å². The summed E-state index contributed by atoms with van der Waals surface area (Å²) in [5.41, 5.74) is 1.87. The van der Waals surface area contributed by atoms with E-state index in [0.717, 1.165) is 22.1 Å². The molecule has 1 atom stereocenters. The monoisotopic (exact) mass is 359 g/mol. The lowest BCUT2D eigenvalue weighted by molar-refractivity contribution is -0.116. The maximum absolute atomic E-state index is 12.0. The average Bonchev–Trinajstić information content (AvgIpc) is 2.70. The first-order chi connectivity index (χ1) is 9.39. The summed E-state index contributed by atoms with van der Waals surface area (Å²) in [5.74, 6) is 0.204. The van der Waals surface area contributed by atoms with Crippen LogP contribution in [0.1, 0.15) is 25.3 Å². The summed E-state index contributed by atoms with van der Waals surface area (Å²) in [4.78, 5) is 12.0.